The molecule has 0 bridgehead atoms. The van der Waals surface area contributed by atoms with Gasteiger partial charge in [0, 0.05) is 25.7 Å². The van der Waals surface area contributed by atoms with Crippen LogP contribution in [0.25, 0.3) is 0 Å². The molecule has 2 heterocycles. The molecule has 0 spiro atoms. The fourth-order valence-corrected chi connectivity index (χ4v) is 2.84. The standard InChI is InChI=1S/C16H20FN3O2/c1-9-2-3-10(4-14(9)17)13-5-12(20-16(13)22)8-19-15(21)11-6-18-7-11/h2-4,11-13,18H,5-8H2,1H3,(H,19,21)(H,20,22)/t12?,13-/m1/s1. The smallest absolute Gasteiger partial charge is 0.227 e. The maximum absolute atomic E-state index is 13.7. The predicted octanol–water partition coefficient (Wildman–Crippen LogP) is 0.442. The van der Waals surface area contributed by atoms with Crippen molar-refractivity contribution in [1.82, 2.24) is 16.0 Å². The first-order valence-electron chi connectivity index (χ1n) is 7.59. The van der Waals surface area contributed by atoms with E-state index in [0.29, 0.717) is 37.2 Å². The normalized spacial score (nSPS) is 24.7. The monoisotopic (exact) mass is 305 g/mol. The molecule has 2 amide bonds. The van der Waals surface area contributed by atoms with Gasteiger partial charge in [0.1, 0.15) is 5.82 Å². The highest BCUT2D eigenvalue weighted by molar-refractivity contribution is 5.86. The third kappa shape index (κ3) is 2.97. The van der Waals surface area contributed by atoms with E-state index >= 15 is 0 Å². The summed E-state index contributed by atoms with van der Waals surface area (Å²) < 4.78 is 13.7. The number of halogens is 1. The first-order valence-corrected chi connectivity index (χ1v) is 7.59. The predicted molar refractivity (Wildman–Crippen MR) is 79.8 cm³/mol. The van der Waals surface area contributed by atoms with Crippen molar-refractivity contribution in [2.24, 2.45) is 5.92 Å². The van der Waals surface area contributed by atoms with Crippen molar-refractivity contribution in [3.63, 3.8) is 0 Å². The molecule has 2 fully saturated rings. The van der Waals surface area contributed by atoms with Gasteiger partial charge in [0.15, 0.2) is 0 Å². The SMILES string of the molecule is Cc1ccc([C@H]2CC(CNC(=O)C3CNC3)NC2=O)cc1F. The van der Waals surface area contributed by atoms with Crippen LogP contribution in [0, 0.1) is 18.7 Å². The minimum Gasteiger partial charge on any atom is -0.354 e. The van der Waals surface area contributed by atoms with Crippen LogP contribution in [0.2, 0.25) is 0 Å². The van der Waals surface area contributed by atoms with Gasteiger partial charge in [-0.15, -0.1) is 0 Å². The van der Waals surface area contributed by atoms with Crippen LogP contribution in [0.5, 0.6) is 0 Å². The molecule has 3 rings (SSSR count). The Bertz CT molecular complexity index is 601. The van der Waals surface area contributed by atoms with Crippen LogP contribution in [-0.4, -0.2) is 37.5 Å². The highest BCUT2D eigenvalue weighted by atomic mass is 19.1. The summed E-state index contributed by atoms with van der Waals surface area (Å²) in [6.45, 7) is 3.55. The molecule has 2 aliphatic heterocycles. The van der Waals surface area contributed by atoms with E-state index in [1.165, 1.54) is 6.07 Å². The Balaban J connectivity index is 1.58. The van der Waals surface area contributed by atoms with Crippen LogP contribution < -0.4 is 16.0 Å². The molecule has 5 nitrogen and oxygen atoms in total. The molecular weight excluding hydrogens is 285 g/mol. The van der Waals surface area contributed by atoms with E-state index in [-0.39, 0.29) is 35.5 Å². The van der Waals surface area contributed by atoms with E-state index in [1.54, 1.807) is 19.1 Å². The number of hydrogen-bond donors (Lipinski definition) is 3. The van der Waals surface area contributed by atoms with Crippen molar-refractivity contribution < 1.29 is 14.0 Å². The summed E-state index contributed by atoms with van der Waals surface area (Å²) in [4.78, 5) is 23.9. The van der Waals surface area contributed by atoms with Gasteiger partial charge in [0.05, 0.1) is 11.8 Å². The van der Waals surface area contributed by atoms with E-state index < -0.39 is 0 Å². The van der Waals surface area contributed by atoms with Gasteiger partial charge in [-0.25, -0.2) is 4.39 Å². The lowest BCUT2D eigenvalue weighted by Gasteiger charge is -2.26. The second-order valence-corrected chi connectivity index (χ2v) is 6.10. The van der Waals surface area contributed by atoms with Gasteiger partial charge in [-0.1, -0.05) is 12.1 Å². The highest BCUT2D eigenvalue weighted by Crippen LogP contribution is 2.28. The van der Waals surface area contributed by atoms with Gasteiger partial charge in [0.25, 0.3) is 0 Å². The summed E-state index contributed by atoms with van der Waals surface area (Å²) in [5, 5.41) is 8.80. The summed E-state index contributed by atoms with van der Waals surface area (Å²) in [7, 11) is 0. The zero-order valence-electron chi connectivity index (χ0n) is 12.5. The molecule has 0 aliphatic carbocycles. The van der Waals surface area contributed by atoms with Crippen molar-refractivity contribution in [2.75, 3.05) is 19.6 Å². The average Bonchev–Trinajstić information content (AvgIpc) is 2.79. The van der Waals surface area contributed by atoms with Gasteiger partial charge in [-0.2, -0.15) is 0 Å². The number of carbonyl (C=O) groups excluding carboxylic acids is 2. The summed E-state index contributed by atoms with van der Waals surface area (Å²) in [6, 6.07) is 4.82. The third-order valence-electron chi connectivity index (χ3n) is 4.46. The van der Waals surface area contributed by atoms with Crippen molar-refractivity contribution in [1.29, 1.82) is 0 Å². The first kappa shape index (κ1) is 15.0. The van der Waals surface area contributed by atoms with Crippen LogP contribution in [0.15, 0.2) is 18.2 Å². The van der Waals surface area contributed by atoms with Gasteiger partial charge < -0.3 is 16.0 Å². The second kappa shape index (κ2) is 6.04. The summed E-state index contributed by atoms with van der Waals surface area (Å²) >= 11 is 0. The quantitative estimate of drug-likeness (QED) is 0.756. The lowest BCUT2D eigenvalue weighted by Crippen LogP contribution is -2.52. The van der Waals surface area contributed by atoms with E-state index in [4.69, 9.17) is 0 Å². The van der Waals surface area contributed by atoms with E-state index in [0.717, 1.165) is 0 Å². The Morgan fingerprint density at radius 2 is 2.18 bits per heavy atom. The van der Waals surface area contributed by atoms with Crippen LogP contribution in [-0.2, 0) is 9.59 Å². The molecule has 1 aromatic rings. The Morgan fingerprint density at radius 1 is 1.41 bits per heavy atom. The number of nitrogens with one attached hydrogen (secondary N) is 3. The minimum atomic E-state index is -0.345. The number of benzene rings is 1. The zero-order chi connectivity index (χ0) is 15.7. The lowest BCUT2D eigenvalue weighted by molar-refractivity contribution is -0.126. The maximum Gasteiger partial charge on any atom is 0.227 e. The Labute approximate surface area is 128 Å². The Kier molecular flexibility index (Phi) is 4.11. The van der Waals surface area contributed by atoms with Crippen molar-refractivity contribution in [2.45, 2.75) is 25.3 Å². The second-order valence-electron chi connectivity index (χ2n) is 6.10. The van der Waals surface area contributed by atoms with Crippen LogP contribution in [0.4, 0.5) is 4.39 Å². The molecule has 2 saturated heterocycles. The number of rotatable bonds is 4. The number of hydrogen-bond acceptors (Lipinski definition) is 3. The third-order valence-corrected chi connectivity index (χ3v) is 4.46. The Morgan fingerprint density at radius 3 is 2.82 bits per heavy atom. The maximum atomic E-state index is 13.7. The number of aryl methyl sites for hydroxylation is 1. The number of carbonyl (C=O) groups is 2. The van der Waals surface area contributed by atoms with Crippen molar-refractivity contribution >= 4 is 11.8 Å². The molecule has 0 aromatic heterocycles. The van der Waals surface area contributed by atoms with Crippen LogP contribution >= 0.6 is 0 Å². The average molecular weight is 305 g/mol. The summed E-state index contributed by atoms with van der Waals surface area (Å²) in [5.41, 5.74) is 1.26. The molecular formula is C16H20FN3O2. The highest BCUT2D eigenvalue weighted by Gasteiger charge is 2.34. The lowest BCUT2D eigenvalue weighted by atomic mass is 9.94. The molecule has 118 valence electrons. The summed E-state index contributed by atoms with van der Waals surface area (Å²) in [6.07, 6.45) is 0.574. The van der Waals surface area contributed by atoms with Crippen molar-refractivity contribution in [3.8, 4) is 0 Å². The first-order chi connectivity index (χ1) is 10.5. The van der Waals surface area contributed by atoms with E-state index in [1.807, 2.05) is 0 Å². The minimum absolute atomic E-state index is 0.0258. The molecule has 2 atom stereocenters. The Hall–Kier alpha value is -1.95. The van der Waals surface area contributed by atoms with Gasteiger partial charge in [0.2, 0.25) is 11.8 Å². The molecule has 1 unspecified atom stereocenters. The van der Waals surface area contributed by atoms with Crippen LogP contribution in [0.1, 0.15) is 23.5 Å². The molecule has 1 aromatic carbocycles. The van der Waals surface area contributed by atoms with Crippen LogP contribution in [0.3, 0.4) is 0 Å². The van der Waals surface area contributed by atoms with E-state index in [2.05, 4.69) is 16.0 Å². The zero-order valence-corrected chi connectivity index (χ0v) is 12.5. The largest absolute Gasteiger partial charge is 0.354 e. The van der Waals surface area contributed by atoms with Gasteiger partial charge in [-0.05, 0) is 30.5 Å². The molecule has 0 radical (unpaired) electrons. The summed E-state index contributed by atoms with van der Waals surface area (Å²) in [5.74, 6) is -0.674. The van der Waals surface area contributed by atoms with E-state index in [9.17, 15) is 14.0 Å². The topological polar surface area (TPSA) is 70.2 Å². The molecule has 3 N–H and O–H groups in total. The van der Waals surface area contributed by atoms with Gasteiger partial charge in [-0.3, -0.25) is 9.59 Å². The van der Waals surface area contributed by atoms with Crippen molar-refractivity contribution in [3.05, 3.63) is 35.1 Å². The fourth-order valence-electron chi connectivity index (χ4n) is 2.84. The molecule has 0 saturated carbocycles. The molecule has 2 aliphatic rings. The molecule has 6 heteroatoms. The number of amides is 2. The molecule has 22 heavy (non-hydrogen) atoms. The fraction of sp³-hybridized carbons (Fsp3) is 0.500. The van der Waals surface area contributed by atoms with Gasteiger partial charge >= 0.3 is 0 Å².